The molecule has 0 bridgehead atoms. The Morgan fingerprint density at radius 1 is 1.62 bits per heavy atom. The number of aryl methyl sites for hydroxylation is 1. The minimum atomic E-state index is 0.568. The van der Waals surface area contributed by atoms with E-state index >= 15 is 0 Å². The van der Waals surface area contributed by atoms with Gasteiger partial charge in [0.2, 0.25) is 0 Å². The molecule has 0 atom stereocenters. The molecule has 4 nitrogen and oxygen atoms in total. The quantitative estimate of drug-likeness (QED) is 0.776. The van der Waals surface area contributed by atoms with Gasteiger partial charge < -0.3 is 5.73 Å². The second-order valence-electron chi connectivity index (χ2n) is 2.70. The Kier molecular flexibility index (Phi) is 2.12. The Balaban J connectivity index is 2.52. The van der Waals surface area contributed by atoms with Crippen LogP contribution in [0.1, 0.15) is 4.88 Å². The minimum absolute atomic E-state index is 0.568. The molecule has 0 aliphatic rings. The lowest BCUT2D eigenvalue weighted by atomic mass is 10.2. The van der Waals surface area contributed by atoms with Crippen LogP contribution < -0.4 is 5.73 Å². The first-order valence-corrected chi connectivity index (χ1v) is 4.82. The van der Waals surface area contributed by atoms with Crippen LogP contribution in [0.2, 0.25) is 0 Å². The fourth-order valence-corrected chi connectivity index (χ4v) is 2.02. The minimum Gasteiger partial charge on any atom is -0.326 e. The van der Waals surface area contributed by atoms with Gasteiger partial charge in [0.1, 0.15) is 0 Å². The standard InChI is InChI=1S/C8H10N4S/c1-12-7(5-10-11-12)6-2-3-13-8(6)4-9/h2-3,5H,4,9H2,1H3. The maximum Gasteiger partial charge on any atom is 0.0893 e. The average Bonchev–Trinajstić information content (AvgIpc) is 2.71. The third kappa shape index (κ3) is 1.36. The van der Waals surface area contributed by atoms with Gasteiger partial charge in [0.05, 0.1) is 11.9 Å². The van der Waals surface area contributed by atoms with E-state index in [1.165, 1.54) is 4.88 Å². The van der Waals surface area contributed by atoms with Crippen LogP contribution in [0.25, 0.3) is 11.3 Å². The van der Waals surface area contributed by atoms with E-state index in [0.29, 0.717) is 6.54 Å². The third-order valence-corrected chi connectivity index (χ3v) is 2.86. The maximum absolute atomic E-state index is 5.61. The molecule has 2 rings (SSSR count). The zero-order chi connectivity index (χ0) is 9.26. The Hall–Kier alpha value is -1.20. The van der Waals surface area contributed by atoms with Gasteiger partial charge >= 0.3 is 0 Å². The Labute approximate surface area is 80.0 Å². The number of hydrogen-bond acceptors (Lipinski definition) is 4. The second kappa shape index (κ2) is 3.27. The first-order chi connectivity index (χ1) is 6.33. The number of nitrogens with zero attached hydrogens (tertiary/aromatic N) is 3. The average molecular weight is 194 g/mol. The molecule has 0 aliphatic heterocycles. The summed E-state index contributed by atoms with van der Waals surface area (Å²) in [7, 11) is 1.88. The molecule has 0 aromatic carbocycles. The van der Waals surface area contributed by atoms with Gasteiger partial charge in [-0.2, -0.15) is 0 Å². The Morgan fingerprint density at radius 2 is 2.46 bits per heavy atom. The molecule has 0 saturated carbocycles. The van der Waals surface area contributed by atoms with E-state index < -0.39 is 0 Å². The maximum atomic E-state index is 5.61. The predicted octanol–water partition coefficient (Wildman–Crippen LogP) is 1.00. The normalized spacial score (nSPS) is 10.6. The lowest BCUT2D eigenvalue weighted by molar-refractivity contribution is 0.720. The molecule has 2 aromatic heterocycles. The van der Waals surface area contributed by atoms with Crippen molar-refractivity contribution in [1.29, 1.82) is 0 Å². The van der Waals surface area contributed by atoms with Crippen LogP contribution in [0.5, 0.6) is 0 Å². The highest BCUT2D eigenvalue weighted by Crippen LogP contribution is 2.26. The molecule has 0 amide bonds. The van der Waals surface area contributed by atoms with Crippen molar-refractivity contribution >= 4 is 11.3 Å². The smallest absolute Gasteiger partial charge is 0.0893 e. The van der Waals surface area contributed by atoms with Crippen LogP contribution in [-0.4, -0.2) is 15.0 Å². The summed E-state index contributed by atoms with van der Waals surface area (Å²) in [5, 5.41) is 9.74. The van der Waals surface area contributed by atoms with Crippen molar-refractivity contribution in [3.05, 3.63) is 22.5 Å². The van der Waals surface area contributed by atoms with Gasteiger partial charge in [-0.15, -0.1) is 16.4 Å². The van der Waals surface area contributed by atoms with Gasteiger partial charge in [0.25, 0.3) is 0 Å². The highest BCUT2D eigenvalue weighted by Gasteiger charge is 2.08. The van der Waals surface area contributed by atoms with E-state index in [0.717, 1.165) is 11.3 Å². The third-order valence-electron chi connectivity index (χ3n) is 1.92. The van der Waals surface area contributed by atoms with E-state index in [2.05, 4.69) is 10.3 Å². The molecule has 0 radical (unpaired) electrons. The second-order valence-corrected chi connectivity index (χ2v) is 3.71. The molecule has 2 heterocycles. The molecule has 0 saturated heterocycles. The topological polar surface area (TPSA) is 56.7 Å². The highest BCUT2D eigenvalue weighted by molar-refractivity contribution is 7.10. The van der Waals surface area contributed by atoms with Gasteiger partial charge in [-0.3, -0.25) is 0 Å². The lowest BCUT2D eigenvalue weighted by Crippen LogP contribution is -1.98. The van der Waals surface area contributed by atoms with E-state index in [9.17, 15) is 0 Å². The molecular weight excluding hydrogens is 184 g/mol. The molecule has 2 aromatic rings. The fourth-order valence-electron chi connectivity index (χ4n) is 1.26. The van der Waals surface area contributed by atoms with Crippen LogP contribution in [0.15, 0.2) is 17.6 Å². The number of nitrogens with two attached hydrogens (primary N) is 1. The Morgan fingerprint density at radius 3 is 3.08 bits per heavy atom. The number of thiophene rings is 1. The summed E-state index contributed by atoms with van der Waals surface area (Å²) in [5.41, 5.74) is 7.77. The monoisotopic (exact) mass is 194 g/mol. The number of hydrogen-bond donors (Lipinski definition) is 1. The van der Waals surface area contributed by atoms with E-state index in [-0.39, 0.29) is 0 Å². The van der Waals surface area contributed by atoms with Gasteiger partial charge in [0, 0.05) is 24.0 Å². The zero-order valence-corrected chi connectivity index (χ0v) is 8.08. The van der Waals surface area contributed by atoms with E-state index in [1.807, 2.05) is 18.5 Å². The van der Waals surface area contributed by atoms with Crippen molar-refractivity contribution in [2.45, 2.75) is 6.54 Å². The van der Waals surface area contributed by atoms with Crippen molar-refractivity contribution in [2.75, 3.05) is 0 Å². The van der Waals surface area contributed by atoms with Crippen LogP contribution in [0, 0.1) is 0 Å². The van der Waals surface area contributed by atoms with Gasteiger partial charge in [0.15, 0.2) is 0 Å². The summed E-state index contributed by atoms with van der Waals surface area (Å²) in [4.78, 5) is 1.17. The van der Waals surface area contributed by atoms with Crippen LogP contribution in [-0.2, 0) is 13.6 Å². The van der Waals surface area contributed by atoms with Gasteiger partial charge in [-0.1, -0.05) is 5.21 Å². The first kappa shape index (κ1) is 8.40. The van der Waals surface area contributed by atoms with Gasteiger partial charge in [-0.25, -0.2) is 4.68 Å². The molecule has 0 aliphatic carbocycles. The summed E-state index contributed by atoms with van der Waals surface area (Å²) in [6.07, 6.45) is 1.75. The first-order valence-electron chi connectivity index (χ1n) is 3.94. The van der Waals surface area contributed by atoms with Crippen molar-refractivity contribution in [2.24, 2.45) is 12.8 Å². The molecule has 0 unspecified atom stereocenters. The molecule has 13 heavy (non-hydrogen) atoms. The summed E-state index contributed by atoms with van der Waals surface area (Å²) < 4.78 is 1.75. The predicted molar refractivity (Wildman–Crippen MR) is 52.2 cm³/mol. The van der Waals surface area contributed by atoms with Crippen LogP contribution in [0.4, 0.5) is 0 Å². The van der Waals surface area contributed by atoms with Crippen LogP contribution >= 0.6 is 11.3 Å². The number of rotatable bonds is 2. The lowest BCUT2D eigenvalue weighted by Gasteiger charge is -1.99. The number of aromatic nitrogens is 3. The SMILES string of the molecule is Cn1nncc1-c1ccsc1CN. The summed E-state index contributed by atoms with van der Waals surface area (Å²) in [6.45, 7) is 0.568. The fraction of sp³-hybridized carbons (Fsp3) is 0.250. The molecule has 68 valence electrons. The summed E-state index contributed by atoms with van der Waals surface area (Å²) >= 11 is 1.66. The van der Waals surface area contributed by atoms with Gasteiger partial charge in [-0.05, 0) is 11.4 Å². The van der Waals surface area contributed by atoms with E-state index in [1.54, 1.807) is 22.2 Å². The molecule has 0 fully saturated rings. The Bertz CT molecular complexity index is 404. The zero-order valence-electron chi connectivity index (χ0n) is 7.27. The molecule has 0 spiro atoms. The van der Waals surface area contributed by atoms with Crippen molar-refractivity contribution < 1.29 is 0 Å². The van der Waals surface area contributed by atoms with Crippen molar-refractivity contribution in [1.82, 2.24) is 15.0 Å². The van der Waals surface area contributed by atoms with E-state index in [4.69, 9.17) is 5.73 Å². The van der Waals surface area contributed by atoms with Crippen molar-refractivity contribution in [3.63, 3.8) is 0 Å². The highest BCUT2D eigenvalue weighted by atomic mass is 32.1. The van der Waals surface area contributed by atoms with Crippen molar-refractivity contribution in [3.8, 4) is 11.3 Å². The molecular formula is C8H10N4S. The summed E-state index contributed by atoms with van der Waals surface area (Å²) in [5.74, 6) is 0. The van der Waals surface area contributed by atoms with Crippen LogP contribution in [0.3, 0.4) is 0 Å². The summed E-state index contributed by atoms with van der Waals surface area (Å²) in [6, 6.07) is 2.05. The largest absolute Gasteiger partial charge is 0.326 e. The molecule has 5 heteroatoms. The molecule has 2 N–H and O–H groups in total.